The Bertz CT molecular complexity index is 1650. The molecule has 3 aromatic carbocycles. The van der Waals surface area contributed by atoms with Crippen LogP contribution < -0.4 is 20.3 Å². The van der Waals surface area contributed by atoms with E-state index < -0.39 is 35.2 Å². The van der Waals surface area contributed by atoms with Gasteiger partial charge in [0.15, 0.2) is 0 Å². The van der Waals surface area contributed by atoms with Gasteiger partial charge in [-0.2, -0.15) is 0 Å². The zero-order valence-electron chi connectivity index (χ0n) is 24.3. The lowest BCUT2D eigenvalue weighted by molar-refractivity contribution is -0.119. The number of carbonyl (C=O) groups is 4. The maximum Gasteiger partial charge on any atom is 0.335 e. The predicted octanol–water partition coefficient (Wildman–Crippen LogP) is 5.25. The number of nitrogens with one attached hydrogen (secondary N) is 2. The number of halogens is 1. The summed E-state index contributed by atoms with van der Waals surface area (Å²) in [5.74, 6) is -3.37. The summed E-state index contributed by atoms with van der Waals surface area (Å²) in [5.41, 5.74) is 1.17. The summed E-state index contributed by atoms with van der Waals surface area (Å²) in [6, 6.07) is 14.2. The quantitative estimate of drug-likeness (QED) is 0.214. The number of hydrogen-bond donors (Lipinski definition) is 4. The van der Waals surface area contributed by atoms with E-state index in [9.17, 15) is 29.4 Å². The zero-order valence-corrected chi connectivity index (χ0v) is 25.1. The first-order chi connectivity index (χ1) is 20.9. The molecule has 1 heterocycles. The minimum Gasteiger partial charge on any atom is -0.495 e. The van der Waals surface area contributed by atoms with Gasteiger partial charge in [-0.05, 0) is 73.3 Å². The smallest absolute Gasteiger partial charge is 0.335 e. The molecule has 1 aliphatic heterocycles. The van der Waals surface area contributed by atoms with Crippen molar-refractivity contribution in [3.63, 3.8) is 0 Å². The average Bonchev–Trinajstić information content (AvgIpc) is 3.30. The van der Waals surface area contributed by atoms with E-state index in [1.54, 1.807) is 42.3 Å². The van der Waals surface area contributed by atoms with Gasteiger partial charge in [-0.25, -0.2) is 9.59 Å². The Labute approximate surface area is 259 Å². The molecule has 0 saturated carbocycles. The molecule has 0 aromatic heterocycles. The highest BCUT2D eigenvalue weighted by molar-refractivity contribution is 6.30. The summed E-state index contributed by atoms with van der Waals surface area (Å²) in [5, 5.41) is 25.0. The van der Waals surface area contributed by atoms with E-state index in [-0.39, 0.29) is 35.0 Å². The third-order valence-electron chi connectivity index (χ3n) is 7.82. The Morgan fingerprint density at radius 2 is 1.64 bits per heavy atom. The van der Waals surface area contributed by atoms with Gasteiger partial charge in [0.25, 0.3) is 5.91 Å². The van der Waals surface area contributed by atoms with E-state index in [1.165, 1.54) is 49.6 Å². The van der Waals surface area contributed by atoms with Crippen LogP contribution in [-0.2, 0) is 10.2 Å². The van der Waals surface area contributed by atoms with Gasteiger partial charge in [0.2, 0.25) is 5.91 Å². The van der Waals surface area contributed by atoms with Crippen LogP contribution in [0.2, 0.25) is 5.02 Å². The van der Waals surface area contributed by atoms with E-state index in [0.717, 1.165) is 5.56 Å². The molecular weight excluding hydrogens is 586 g/mol. The summed E-state index contributed by atoms with van der Waals surface area (Å²) in [6.45, 7) is 5.91. The van der Waals surface area contributed by atoms with Crippen LogP contribution in [0.1, 0.15) is 43.6 Å². The molecule has 2 amide bonds. The Morgan fingerprint density at radius 3 is 2.23 bits per heavy atom. The van der Waals surface area contributed by atoms with Crippen molar-refractivity contribution in [1.29, 1.82) is 0 Å². The monoisotopic (exact) mass is 617 g/mol. The minimum absolute atomic E-state index is 0.00567. The van der Waals surface area contributed by atoms with Gasteiger partial charge in [0.05, 0.1) is 30.0 Å². The van der Waals surface area contributed by atoms with E-state index in [1.807, 2.05) is 13.0 Å². The molecule has 4 N–H and O–H groups in total. The first kappa shape index (κ1) is 32.0. The first-order valence-electron chi connectivity index (χ1n) is 13.6. The zero-order chi connectivity index (χ0) is 32.2. The van der Waals surface area contributed by atoms with Crippen molar-refractivity contribution >= 4 is 46.7 Å². The molecule has 0 saturated heterocycles. The second-order valence-corrected chi connectivity index (χ2v) is 10.9. The summed E-state index contributed by atoms with van der Waals surface area (Å²) >= 11 is 6.46. The maximum absolute atomic E-state index is 13.9. The van der Waals surface area contributed by atoms with Gasteiger partial charge >= 0.3 is 11.9 Å². The Morgan fingerprint density at radius 1 is 1.00 bits per heavy atom. The van der Waals surface area contributed by atoms with Crippen LogP contribution in [0, 0.1) is 5.92 Å². The van der Waals surface area contributed by atoms with Crippen molar-refractivity contribution in [1.82, 2.24) is 5.32 Å². The Hall–Kier alpha value is -4.93. The lowest BCUT2D eigenvalue weighted by atomic mass is 9.69. The number of likely N-dealkylation sites (N-methyl/N-ethyl adjacent to an activating group) is 1. The first-order valence-corrected chi connectivity index (χ1v) is 14.0. The second kappa shape index (κ2) is 13.2. The maximum atomic E-state index is 13.9. The van der Waals surface area contributed by atoms with Crippen LogP contribution in [0.3, 0.4) is 0 Å². The van der Waals surface area contributed by atoms with Crippen LogP contribution in [0.25, 0.3) is 0 Å². The van der Waals surface area contributed by atoms with Crippen molar-refractivity contribution < 1.29 is 34.1 Å². The molecule has 228 valence electrons. The van der Waals surface area contributed by atoms with E-state index in [0.29, 0.717) is 16.3 Å². The number of anilines is 2. The number of ether oxygens (including phenoxy) is 1. The van der Waals surface area contributed by atoms with Crippen molar-refractivity contribution in [2.45, 2.75) is 18.4 Å². The molecule has 3 aromatic rings. The number of nitrogens with zero attached hydrogens (tertiary/aromatic N) is 1. The molecular formula is C33H32ClN3O7. The highest BCUT2D eigenvalue weighted by Crippen LogP contribution is 2.48. The molecule has 0 radical (unpaired) electrons. The number of carboxylic acids is 2. The number of fused-ring (bicyclic) bond motifs is 1. The number of allylic oxidation sites excluding steroid dienone is 2. The fourth-order valence-electron chi connectivity index (χ4n) is 5.58. The van der Waals surface area contributed by atoms with E-state index in [2.05, 4.69) is 17.2 Å². The number of benzene rings is 3. The third-order valence-corrected chi connectivity index (χ3v) is 8.06. The number of carbonyl (C=O) groups excluding carboxylic acids is 2. The molecule has 0 aliphatic carbocycles. The summed E-state index contributed by atoms with van der Waals surface area (Å²) in [7, 11) is 3.02. The van der Waals surface area contributed by atoms with Gasteiger partial charge < -0.3 is 30.5 Å². The number of rotatable bonds is 11. The standard InChI is InChI=1S/C33H32ClN3O7/c1-5-6-7-23(28(35-3)29(38)36-25-14-12-21(32(42)43)16-27(25)44-4)33(2)18-37(26-15-13-22(34)17-24(26)33)30(39)19-8-10-20(11-9-19)31(40)41/h5-17,23,28,35H,1,18H2,2-4H3,(H,36,38)(H,40,41)(H,42,43)/b7-6-/t23?,28-,33?/m1/s1. The number of aromatic carboxylic acids is 2. The number of methoxy groups -OCH3 is 1. The van der Waals surface area contributed by atoms with E-state index >= 15 is 0 Å². The van der Waals surface area contributed by atoms with Gasteiger partial charge in [-0.1, -0.05) is 43.3 Å². The van der Waals surface area contributed by atoms with Gasteiger partial charge in [0.1, 0.15) is 5.75 Å². The van der Waals surface area contributed by atoms with Crippen LogP contribution in [-0.4, -0.2) is 60.7 Å². The number of hydrogen-bond acceptors (Lipinski definition) is 6. The van der Waals surface area contributed by atoms with Crippen LogP contribution in [0.4, 0.5) is 11.4 Å². The lowest BCUT2D eigenvalue weighted by Crippen LogP contribution is -2.52. The molecule has 10 nitrogen and oxygen atoms in total. The SMILES string of the molecule is C=C/C=C\C([C@@H](NC)C(=O)Nc1ccc(C(=O)O)cc1OC)C1(C)CN(C(=O)c2ccc(C(=O)O)cc2)c2ccc(Cl)cc21. The van der Waals surface area contributed by atoms with Gasteiger partial charge in [-0.15, -0.1) is 0 Å². The average molecular weight is 618 g/mol. The molecule has 4 rings (SSSR count). The number of amides is 2. The predicted molar refractivity (Wildman–Crippen MR) is 168 cm³/mol. The molecule has 1 aliphatic rings. The highest BCUT2D eigenvalue weighted by atomic mass is 35.5. The molecule has 0 fully saturated rings. The Balaban J connectivity index is 1.75. The van der Waals surface area contributed by atoms with Crippen molar-refractivity contribution in [2.75, 3.05) is 30.9 Å². The molecule has 0 bridgehead atoms. The van der Waals surface area contributed by atoms with Crippen molar-refractivity contribution in [2.24, 2.45) is 5.92 Å². The van der Waals surface area contributed by atoms with Crippen LogP contribution >= 0.6 is 11.6 Å². The Kier molecular flexibility index (Phi) is 9.56. The largest absolute Gasteiger partial charge is 0.495 e. The van der Waals surface area contributed by atoms with Gasteiger partial charge in [-0.3, -0.25) is 9.59 Å². The summed E-state index contributed by atoms with van der Waals surface area (Å²) in [6.07, 6.45) is 5.17. The molecule has 2 unspecified atom stereocenters. The fourth-order valence-corrected chi connectivity index (χ4v) is 5.75. The highest BCUT2D eigenvalue weighted by Gasteiger charge is 2.49. The topological polar surface area (TPSA) is 145 Å². The minimum atomic E-state index is -1.13. The lowest BCUT2D eigenvalue weighted by Gasteiger charge is -2.38. The summed E-state index contributed by atoms with van der Waals surface area (Å²) < 4.78 is 5.34. The second-order valence-electron chi connectivity index (χ2n) is 10.5. The normalized spacial score (nSPS) is 17.0. The molecule has 11 heteroatoms. The van der Waals surface area contributed by atoms with Crippen molar-refractivity contribution in [3.05, 3.63) is 113 Å². The fraction of sp³-hybridized carbons (Fsp3) is 0.212. The van der Waals surface area contributed by atoms with Crippen LogP contribution in [0.15, 0.2) is 85.5 Å². The van der Waals surface area contributed by atoms with Crippen molar-refractivity contribution in [3.8, 4) is 5.75 Å². The van der Waals surface area contributed by atoms with Crippen LogP contribution in [0.5, 0.6) is 5.75 Å². The molecule has 44 heavy (non-hydrogen) atoms. The molecule has 3 atom stereocenters. The number of carboxylic acid groups (broad SMARTS) is 2. The van der Waals surface area contributed by atoms with E-state index in [4.69, 9.17) is 16.3 Å². The molecule has 0 spiro atoms. The van der Waals surface area contributed by atoms with Gasteiger partial charge in [0, 0.05) is 34.2 Å². The third kappa shape index (κ3) is 6.22. The summed E-state index contributed by atoms with van der Waals surface area (Å²) in [4.78, 5) is 52.1.